The number of nitrogens with one attached hydrogen (secondary N) is 1. The lowest BCUT2D eigenvalue weighted by atomic mass is 10.1. The fourth-order valence-corrected chi connectivity index (χ4v) is 7.91. The molecule has 2 rings (SSSR count). The van der Waals surface area contributed by atoms with Gasteiger partial charge in [-0.15, -0.1) is 11.1 Å². The van der Waals surface area contributed by atoms with Crippen molar-refractivity contribution in [2.24, 2.45) is 0 Å². The zero-order valence-corrected chi connectivity index (χ0v) is 19.5. The van der Waals surface area contributed by atoms with Crippen LogP contribution in [0.2, 0.25) is 0 Å². The highest BCUT2D eigenvalue weighted by atomic mass is 35.6. The summed E-state index contributed by atoms with van der Waals surface area (Å²) in [5, 5.41) is 2.47. The summed E-state index contributed by atoms with van der Waals surface area (Å²) in [6.07, 6.45) is 7.22. The maximum atomic E-state index is 7.42. The first-order valence-corrected chi connectivity index (χ1v) is 13.5. The Kier molecular flexibility index (Phi) is 8.15. The van der Waals surface area contributed by atoms with Gasteiger partial charge >= 0.3 is 0 Å². The van der Waals surface area contributed by atoms with E-state index in [0.29, 0.717) is 0 Å². The zero-order valence-electron chi connectivity index (χ0n) is 17.7. The Balaban J connectivity index is 2.34. The van der Waals surface area contributed by atoms with E-state index in [0.717, 1.165) is 12.8 Å². The number of halogens is 1. The van der Waals surface area contributed by atoms with Gasteiger partial charge < -0.3 is 4.98 Å². The van der Waals surface area contributed by atoms with Gasteiger partial charge in [0.05, 0.1) is 0 Å². The highest BCUT2D eigenvalue weighted by Crippen LogP contribution is 2.15. The first-order valence-electron chi connectivity index (χ1n) is 10.5. The fraction of sp³-hybridized carbons (Fsp3) is 0.500. The van der Waals surface area contributed by atoms with Crippen molar-refractivity contribution in [3.63, 3.8) is 0 Å². The minimum absolute atomic E-state index is 0.0459. The van der Waals surface area contributed by atoms with Gasteiger partial charge in [0, 0.05) is 5.54 Å². The average molecular weight is 402 g/mol. The quantitative estimate of drug-likeness (QED) is 0.428. The highest BCUT2D eigenvalue weighted by Gasteiger charge is 2.39. The van der Waals surface area contributed by atoms with E-state index in [1.165, 1.54) is 47.2 Å². The standard InChI is InChI=1S/C24H36ClNSi/c1-6-8-10-20-12-16-22(17-13-20)27(25,26-24(3,4)5)23-18-14-21(15-19-23)11-9-7-2/h12-19,26H,6-11H2,1-5H3. The lowest BCUT2D eigenvalue weighted by Crippen LogP contribution is -2.69. The van der Waals surface area contributed by atoms with E-state index in [2.05, 4.69) is 88.1 Å². The molecule has 0 aromatic heterocycles. The van der Waals surface area contributed by atoms with Crippen LogP contribution >= 0.6 is 11.1 Å². The second-order valence-corrected chi connectivity index (χ2v) is 13.1. The number of hydrogen-bond acceptors (Lipinski definition) is 1. The molecule has 27 heavy (non-hydrogen) atoms. The molecule has 0 atom stereocenters. The number of hydrogen-bond donors (Lipinski definition) is 1. The van der Waals surface area contributed by atoms with E-state index in [1.807, 2.05) is 0 Å². The Hall–Kier alpha value is -1.09. The van der Waals surface area contributed by atoms with Gasteiger partial charge in [0.1, 0.15) is 0 Å². The molecule has 0 aliphatic carbocycles. The van der Waals surface area contributed by atoms with E-state index < -0.39 is 7.55 Å². The molecule has 0 aliphatic heterocycles. The van der Waals surface area contributed by atoms with Crippen LogP contribution in [-0.2, 0) is 12.8 Å². The molecule has 3 heteroatoms. The van der Waals surface area contributed by atoms with Gasteiger partial charge in [0.2, 0.25) is 0 Å². The summed E-state index contributed by atoms with van der Waals surface area (Å²) in [5.74, 6) is 0. The summed E-state index contributed by atoms with van der Waals surface area (Å²) in [4.78, 5) is 3.79. The molecule has 148 valence electrons. The summed E-state index contributed by atoms with van der Waals surface area (Å²) >= 11 is 7.42. The van der Waals surface area contributed by atoms with Crippen LogP contribution in [0.5, 0.6) is 0 Å². The van der Waals surface area contributed by atoms with Crippen LogP contribution in [0.1, 0.15) is 71.4 Å². The number of benzene rings is 2. The van der Waals surface area contributed by atoms with Crippen molar-refractivity contribution in [1.29, 1.82) is 0 Å². The Bertz CT molecular complexity index is 634. The number of rotatable bonds is 9. The summed E-state index contributed by atoms with van der Waals surface area (Å²) in [6.45, 7) is 11.1. The van der Waals surface area contributed by atoms with Gasteiger partial charge in [-0.05, 0) is 68.0 Å². The number of aryl methyl sites for hydroxylation is 2. The molecule has 0 bridgehead atoms. The second kappa shape index (κ2) is 9.91. The number of unbranched alkanes of at least 4 members (excludes halogenated alkanes) is 2. The molecule has 0 unspecified atom stereocenters. The van der Waals surface area contributed by atoms with Gasteiger partial charge in [-0.1, -0.05) is 75.2 Å². The fourth-order valence-electron chi connectivity index (χ4n) is 3.39. The van der Waals surface area contributed by atoms with Crippen molar-refractivity contribution in [3.05, 3.63) is 59.7 Å². The average Bonchev–Trinajstić information content (AvgIpc) is 2.64. The summed E-state index contributed by atoms with van der Waals surface area (Å²) < 4.78 is 0. The predicted octanol–water partition coefficient (Wildman–Crippen LogP) is 5.56. The molecule has 0 spiro atoms. The van der Waals surface area contributed by atoms with E-state index in [-0.39, 0.29) is 5.54 Å². The molecule has 2 aromatic rings. The Morgan fingerprint density at radius 1 is 0.741 bits per heavy atom. The van der Waals surface area contributed by atoms with Gasteiger partial charge in [0.15, 0.2) is 0 Å². The van der Waals surface area contributed by atoms with Crippen molar-refractivity contribution in [2.45, 2.75) is 78.7 Å². The molecule has 1 nitrogen and oxygen atoms in total. The van der Waals surface area contributed by atoms with Gasteiger partial charge in [0.25, 0.3) is 7.55 Å². The summed E-state index contributed by atoms with van der Waals surface area (Å²) in [6, 6.07) is 18.0. The molecule has 0 fully saturated rings. The van der Waals surface area contributed by atoms with Crippen molar-refractivity contribution >= 4 is 29.0 Å². The van der Waals surface area contributed by atoms with Gasteiger partial charge in [-0.25, -0.2) is 0 Å². The van der Waals surface area contributed by atoms with Gasteiger partial charge in [-0.2, -0.15) is 0 Å². The third kappa shape index (κ3) is 6.48. The van der Waals surface area contributed by atoms with Crippen LogP contribution in [0.25, 0.3) is 0 Å². The molecule has 0 heterocycles. The van der Waals surface area contributed by atoms with Crippen LogP contribution in [0.3, 0.4) is 0 Å². The van der Waals surface area contributed by atoms with Crippen LogP contribution in [-0.4, -0.2) is 13.1 Å². The first kappa shape index (κ1) is 22.2. The van der Waals surface area contributed by atoms with Crippen LogP contribution in [0, 0.1) is 0 Å². The van der Waals surface area contributed by atoms with E-state index in [1.54, 1.807) is 0 Å². The third-order valence-electron chi connectivity index (χ3n) is 4.89. The van der Waals surface area contributed by atoms with Gasteiger partial charge in [-0.3, -0.25) is 0 Å². The molecule has 0 amide bonds. The Morgan fingerprint density at radius 2 is 1.11 bits per heavy atom. The highest BCUT2D eigenvalue weighted by molar-refractivity contribution is 7.32. The van der Waals surface area contributed by atoms with Crippen LogP contribution < -0.4 is 15.4 Å². The maximum absolute atomic E-state index is 7.42. The Labute approximate surface area is 172 Å². The van der Waals surface area contributed by atoms with Crippen LogP contribution in [0.4, 0.5) is 0 Å². The largest absolute Gasteiger partial charge is 0.314 e. The molecule has 0 saturated heterocycles. The monoisotopic (exact) mass is 401 g/mol. The topological polar surface area (TPSA) is 12.0 Å². The SMILES string of the molecule is CCCCc1ccc([Si](Cl)(NC(C)(C)C)c2ccc(CCCC)cc2)cc1. The first-order chi connectivity index (χ1) is 12.8. The van der Waals surface area contributed by atoms with Crippen molar-refractivity contribution < 1.29 is 0 Å². The normalized spacial score (nSPS) is 12.4. The smallest absolute Gasteiger partial charge is 0.289 e. The lowest BCUT2D eigenvalue weighted by molar-refractivity contribution is 0.520. The summed E-state index contributed by atoms with van der Waals surface area (Å²) in [7, 11) is -2.52. The van der Waals surface area contributed by atoms with Crippen molar-refractivity contribution in [2.75, 3.05) is 0 Å². The lowest BCUT2D eigenvalue weighted by Gasteiger charge is -2.34. The molecular formula is C24H36ClNSi. The minimum atomic E-state index is -2.52. The molecule has 0 radical (unpaired) electrons. The zero-order chi connectivity index (χ0) is 19.9. The maximum Gasteiger partial charge on any atom is 0.289 e. The van der Waals surface area contributed by atoms with Crippen molar-refractivity contribution in [1.82, 2.24) is 4.98 Å². The molecule has 0 aliphatic rings. The van der Waals surface area contributed by atoms with Crippen LogP contribution in [0.15, 0.2) is 48.5 Å². The van der Waals surface area contributed by atoms with E-state index in [9.17, 15) is 0 Å². The predicted molar refractivity (Wildman–Crippen MR) is 124 cm³/mol. The Morgan fingerprint density at radius 3 is 1.41 bits per heavy atom. The minimum Gasteiger partial charge on any atom is -0.314 e. The third-order valence-corrected chi connectivity index (χ3v) is 9.83. The molecular weight excluding hydrogens is 366 g/mol. The van der Waals surface area contributed by atoms with Crippen molar-refractivity contribution in [3.8, 4) is 0 Å². The molecule has 1 N–H and O–H groups in total. The summed E-state index contributed by atoms with van der Waals surface area (Å²) in [5.41, 5.74) is 2.76. The second-order valence-electron chi connectivity index (χ2n) is 8.63. The molecule has 2 aromatic carbocycles. The molecule has 0 saturated carbocycles. The van der Waals surface area contributed by atoms with E-state index in [4.69, 9.17) is 11.1 Å². The van der Waals surface area contributed by atoms with E-state index >= 15 is 0 Å².